The van der Waals surface area contributed by atoms with E-state index in [-0.39, 0.29) is 6.42 Å². The number of nitrogens with one attached hydrogen (secondary N) is 1. The molecule has 5 heteroatoms. The summed E-state index contributed by atoms with van der Waals surface area (Å²) in [6.45, 7) is 3.39. The standard InChI is InChI=1S/C16H20N2O3/c1-16(2,21)7-6-10-4-3-5-13-14(10)11(9-18-13)8-12(17)15(19)20/h3-7,9,12,18,21H,8,17H2,1-2H3,(H,19,20)/b7-6+/t12-/m0/s1. The Morgan fingerprint density at radius 3 is 2.81 bits per heavy atom. The van der Waals surface area contributed by atoms with Gasteiger partial charge in [-0.15, -0.1) is 0 Å². The fourth-order valence-electron chi connectivity index (χ4n) is 2.20. The highest BCUT2D eigenvalue weighted by atomic mass is 16.4. The zero-order chi connectivity index (χ0) is 15.6. The lowest BCUT2D eigenvalue weighted by Crippen LogP contribution is -2.32. The van der Waals surface area contributed by atoms with Gasteiger partial charge in [0.05, 0.1) is 5.60 Å². The minimum Gasteiger partial charge on any atom is -0.480 e. The SMILES string of the molecule is CC(C)(O)/C=C/c1cccc2[nH]cc(C[C@H](N)C(=O)O)c12. The van der Waals surface area contributed by atoms with Gasteiger partial charge in [0.1, 0.15) is 6.04 Å². The third-order valence-electron chi connectivity index (χ3n) is 3.25. The lowest BCUT2D eigenvalue weighted by Gasteiger charge is -2.11. The number of aliphatic carboxylic acids is 1. The highest BCUT2D eigenvalue weighted by Gasteiger charge is 2.16. The van der Waals surface area contributed by atoms with E-state index in [1.807, 2.05) is 24.3 Å². The second-order valence-corrected chi connectivity index (χ2v) is 5.72. The van der Waals surface area contributed by atoms with Crippen molar-refractivity contribution in [3.8, 4) is 0 Å². The number of fused-ring (bicyclic) bond motifs is 1. The molecule has 0 saturated carbocycles. The summed E-state index contributed by atoms with van der Waals surface area (Å²) >= 11 is 0. The summed E-state index contributed by atoms with van der Waals surface area (Å²) in [4.78, 5) is 14.0. The van der Waals surface area contributed by atoms with Crippen molar-refractivity contribution in [2.24, 2.45) is 5.73 Å². The molecule has 1 aromatic heterocycles. The summed E-state index contributed by atoms with van der Waals surface area (Å²) < 4.78 is 0. The molecule has 0 saturated heterocycles. The minimum atomic E-state index is -1.02. The van der Waals surface area contributed by atoms with E-state index in [1.165, 1.54) is 0 Å². The first-order chi connectivity index (χ1) is 9.78. The second-order valence-electron chi connectivity index (χ2n) is 5.72. The Labute approximate surface area is 123 Å². The second kappa shape index (κ2) is 5.71. The summed E-state index contributed by atoms with van der Waals surface area (Å²) in [5.74, 6) is -1.02. The Morgan fingerprint density at radius 1 is 1.48 bits per heavy atom. The molecule has 0 radical (unpaired) electrons. The van der Waals surface area contributed by atoms with Gasteiger partial charge in [0, 0.05) is 23.5 Å². The first-order valence-corrected chi connectivity index (χ1v) is 6.77. The van der Waals surface area contributed by atoms with E-state index in [1.54, 1.807) is 26.1 Å². The molecule has 5 N–H and O–H groups in total. The lowest BCUT2D eigenvalue weighted by atomic mass is 9.99. The molecule has 2 aromatic rings. The van der Waals surface area contributed by atoms with Crippen LogP contribution in [-0.2, 0) is 11.2 Å². The summed E-state index contributed by atoms with van der Waals surface area (Å²) in [5.41, 5.74) is 7.41. The van der Waals surface area contributed by atoms with Gasteiger partial charge in [-0.1, -0.05) is 24.3 Å². The number of carboxylic acid groups (broad SMARTS) is 1. The molecule has 1 atom stereocenters. The van der Waals surface area contributed by atoms with Gasteiger partial charge in [0.25, 0.3) is 0 Å². The average molecular weight is 288 g/mol. The van der Waals surface area contributed by atoms with Gasteiger partial charge in [-0.2, -0.15) is 0 Å². The molecule has 0 bridgehead atoms. The smallest absolute Gasteiger partial charge is 0.320 e. The third-order valence-corrected chi connectivity index (χ3v) is 3.25. The summed E-state index contributed by atoms with van der Waals surface area (Å²) in [5, 5.41) is 19.7. The van der Waals surface area contributed by atoms with Gasteiger partial charge in [-0.05, 0) is 31.0 Å². The molecule has 0 spiro atoms. The number of aliphatic hydroxyl groups is 1. The van der Waals surface area contributed by atoms with Gasteiger partial charge < -0.3 is 20.9 Å². The van der Waals surface area contributed by atoms with Crippen molar-refractivity contribution in [3.05, 3.63) is 41.6 Å². The van der Waals surface area contributed by atoms with E-state index in [9.17, 15) is 9.90 Å². The molecule has 0 aliphatic heterocycles. The number of aromatic amines is 1. The van der Waals surface area contributed by atoms with E-state index in [2.05, 4.69) is 4.98 Å². The molecular weight excluding hydrogens is 268 g/mol. The fraction of sp³-hybridized carbons (Fsp3) is 0.312. The Kier molecular flexibility index (Phi) is 4.16. The van der Waals surface area contributed by atoms with Crippen molar-refractivity contribution in [3.63, 3.8) is 0 Å². The van der Waals surface area contributed by atoms with E-state index in [4.69, 9.17) is 10.8 Å². The van der Waals surface area contributed by atoms with Crippen molar-refractivity contribution in [1.82, 2.24) is 4.98 Å². The van der Waals surface area contributed by atoms with Gasteiger partial charge >= 0.3 is 5.97 Å². The molecule has 0 amide bonds. The van der Waals surface area contributed by atoms with Crippen LogP contribution in [0.5, 0.6) is 0 Å². The number of carbonyl (C=O) groups is 1. The molecule has 0 aliphatic carbocycles. The summed E-state index contributed by atoms with van der Waals surface area (Å²) in [7, 11) is 0. The van der Waals surface area contributed by atoms with Crippen molar-refractivity contribution >= 4 is 22.9 Å². The van der Waals surface area contributed by atoms with Crippen LogP contribution in [0.1, 0.15) is 25.0 Å². The van der Waals surface area contributed by atoms with Crippen LogP contribution in [0, 0.1) is 0 Å². The Bertz CT molecular complexity index is 680. The Morgan fingerprint density at radius 2 is 2.19 bits per heavy atom. The quantitative estimate of drug-likeness (QED) is 0.675. The first-order valence-electron chi connectivity index (χ1n) is 6.77. The number of H-pyrrole nitrogens is 1. The fourth-order valence-corrected chi connectivity index (χ4v) is 2.20. The zero-order valence-corrected chi connectivity index (χ0v) is 12.1. The van der Waals surface area contributed by atoms with Crippen LogP contribution in [0.4, 0.5) is 0 Å². The number of carboxylic acids is 1. The van der Waals surface area contributed by atoms with Gasteiger partial charge in [-0.25, -0.2) is 0 Å². The first kappa shape index (κ1) is 15.3. The van der Waals surface area contributed by atoms with Crippen LogP contribution < -0.4 is 5.73 Å². The van der Waals surface area contributed by atoms with Crippen LogP contribution >= 0.6 is 0 Å². The van der Waals surface area contributed by atoms with E-state index in [0.29, 0.717) is 0 Å². The molecule has 2 rings (SSSR count). The van der Waals surface area contributed by atoms with Crippen molar-refractivity contribution < 1.29 is 15.0 Å². The molecule has 112 valence electrons. The zero-order valence-electron chi connectivity index (χ0n) is 12.1. The molecule has 0 fully saturated rings. The maximum absolute atomic E-state index is 10.9. The lowest BCUT2D eigenvalue weighted by molar-refractivity contribution is -0.138. The van der Waals surface area contributed by atoms with Crippen LogP contribution in [0.3, 0.4) is 0 Å². The molecule has 0 aliphatic rings. The molecular formula is C16H20N2O3. The number of rotatable bonds is 5. The number of benzene rings is 1. The molecule has 5 nitrogen and oxygen atoms in total. The molecule has 0 unspecified atom stereocenters. The summed E-state index contributed by atoms with van der Waals surface area (Å²) in [6.07, 6.45) is 5.58. The average Bonchev–Trinajstić information content (AvgIpc) is 2.79. The van der Waals surface area contributed by atoms with Gasteiger partial charge in [-0.3, -0.25) is 4.79 Å². The van der Waals surface area contributed by atoms with E-state index < -0.39 is 17.6 Å². The number of hydrogen-bond donors (Lipinski definition) is 4. The normalized spacial score (nSPS) is 13.9. The Balaban J connectivity index is 2.45. The number of nitrogens with two attached hydrogens (primary N) is 1. The number of aromatic nitrogens is 1. The molecule has 21 heavy (non-hydrogen) atoms. The Hall–Kier alpha value is -2.11. The van der Waals surface area contributed by atoms with Crippen LogP contribution in [0.15, 0.2) is 30.5 Å². The monoisotopic (exact) mass is 288 g/mol. The van der Waals surface area contributed by atoms with E-state index >= 15 is 0 Å². The minimum absolute atomic E-state index is 0.253. The van der Waals surface area contributed by atoms with Crippen LogP contribution in [0.2, 0.25) is 0 Å². The molecule has 1 aromatic carbocycles. The van der Waals surface area contributed by atoms with Crippen LogP contribution in [-0.4, -0.2) is 32.8 Å². The maximum atomic E-state index is 10.9. The van der Waals surface area contributed by atoms with Crippen molar-refractivity contribution in [2.45, 2.75) is 31.9 Å². The predicted octanol–water partition coefficient (Wildman–Crippen LogP) is 1.91. The highest BCUT2D eigenvalue weighted by Crippen LogP contribution is 2.25. The highest BCUT2D eigenvalue weighted by molar-refractivity contribution is 5.92. The van der Waals surface area contributed by atoms with Crippen molar-refractivity contribution in [1.29, 1.82) is 0 Å². The predicted molar refractivity (Wildman–Crippen MR) is 82.9 cm³/mol. The number of hydrogen-bond acceptors (Lipinski definition) is 3. The molecule has 1 heterocycles. The third kappa shape index (κ3) is 3.71. The largest absolute Gasteiger partial charge is 0.480 e. The van der Waals surface area contributed by atoms with Gasteiger partial charge in [0.2, 0.25) is 0 Å². The maximum Gasteiger partial charge on any atom is 0.320 e. The van der Waals surface area contributed by atoms with Crippen molar-refractivity contribution in [2.75, 3.05) is 0 Å². The summed E-state index contributed by atoms with van der Waals surface area (Å²) in [6, 6.07) is 4.82. The van der Waals surface area contributed by atoms with E-state index in [0.717, 1.165) is 22.0 Å². The van der Waals surface area contributed by atoms with Gasteiger partial charge in [0.15, 0.2) is 0 Å². The topological polar surface area (TPSA) is 99.3 Å². The van der Waals surface area contributed by atoms with Crippen LogP contribution in [0.25, 0.3) is 17.0 Å².